The number of benzene rings is 1. The summed E-state index contributed by atoms with van der Waals surface area (Å²) in [5.74, 6) is 5.27. The zero-order valence-corrected chi connectivity index (χ0v) is 9.69. The molecule has 1 aromatic rings. The van der Waals surface area contributed by atoms with Crippen LogP contribution in [0.3, 0.4) is 0 Å². The largest absolute Gasteiger partial charge is 0.416 e. The van der Waals surface area contributed by atoms with E-state index in [-0.39, 0.29) is 12.5 Å². The molecule has 1 saturated heterocycles. The predicted octanol–water partition coefficient (Wildman–Crippen LogP) is 1.73. The van der Waals surface area contributed by atoms with Crippen LogP contribution in [0.4, 0.5) is 13.2 Å². The molecule has 0 spiro atoms. The number of aliphatic hydroxyl groups is 1. The van der Waals surface area contributed by atoms with Crippen molar-refractivity contribution in [2.45, 2.75) is 24.6 Å². The van der Waals surface area contributed by atoms with Crippen molar-refractivity contribution in [3.63, 3.8) is 0 Å². The van der Waals surface area contributed by atoms with Gasteiger partial charge in [-0.15, -0.1) is 0 Å². The Morgan fingerprint density at radius 3 is 2.67 bits per heavy atom. The minimum atomic E-state index is -4.35. The average molecular weight is 260 g/mol. The van der Waals surface area contributed by atoms with Crippen molar-refractivity contribution >= 4 is 0 Å². The Balaban J connectivity index is 2.23. The number of alkyl halides is 3. The van der Waals surface area contributed by atoms with E-state index >= 15 is 0 Å². The SMILES string of the molecule is NN1CCC(c2cccc(C(F)(F)F)c2)C(O)C1. The third-order valence-corrected chi connectivity index (χ3v) is 3.26. The fourth-order valence-electron chi connectivity index (χ4n) is 2.29. The summed E-state index contributed by atoms with van der Waals surface area (Å²) in [5, 5.41) is 11.4. The van der Waals surface area contributed by atoms with Crippen molar-refractivity contribution < 1.29 is 18.3 Å². The Morgan fingerprint density at radius 2 is 2.06 bits per heavy atom. The summed E-state index contributed by atoms with van der Waals surface area (Å²) in [5.41, 5.74) is -0.159. The first kappa shape index (κ1) is 13.3. The van der Waals surface area contributed by atoms with Crippen LogP contribution in [0.5, 0.6) is 0 Å². The third kappa shape index (κ3) is 2.82. The second kappa shape index (κ2) is 4.87. The van der Waals surface area contributed by atoms with E-state index in [9.17, 15) is 18.3 Å². The van der Waals surface area contributed by atoms with Gasteiger partial charge in [0, 0.05) is 19.0 Å². The monoisotopic (exact) mass is 260 g/mol. The van der Waals surface area contributed by atoms with E-state index in [2.05, 4.69) is 0 Å². The van der Waals surface area contributed by atoms with Crippen LogP contribution in [-0.4, -0.2) is 29.3 Å². The van der Waals surface area contributed by atoms with E-state index in [1.165, 1.54) is 11.1 Å². The van der Waals surface area contributed by atoms with Gasteiger partial charge in [-0.3, -0.25) is 5.84 Å². The molecule has 0 radical (unpaired) electrons. The molecule has 0 amide bonds. The quantitative estimate of drug-likeness (QED) is 0.756. The number of hydrogen-bond donors (Lipinski definition) is 2. The van der Waals surface area contributed by atoms with Crippen molar-refractivity contribution in [2.75, 3.05) is 13.1 Å². The summed E-state index contributed by atoms with van der Waals surface area (Å²) in [6.07, 6.45) is -4.53. The number of hydrogen-bond acceptors (Lipinski definition) is 3. The normalized spacial score (nSPS) is 26.3. The van der Waals surface area contributed by atoms with E-state index in [0.29, 0.717) is 18.5 Å². The summed E-state index contributed by atoms with van der Waals surface area (Å²) in [6.45, 7) is 0.846. The zero-order valence-electron chi connectivity index (χ0n) is 9.69. The Labute approximate surface area is 103 Å². The molecule has 2 atom stereocenters. The predicted molar refractivity (Wildman–Crippen MR) is 60.6 cm³/mol. The molecular formula is C12H15F3N2O. The third-order valence-electron chi connectivity index (χ3n) is 3.26. The Bertz CT molecular complexity index is 422. The second-order valence-electron chi connectivity index (χ2n) is 4.58. The molecule has 0 aromatic heterocycles. The van der Waals surface area contributed by atoms with Gasteiger partial charge in [-0.1, -0.05) is 18.2 Å². The Hall–Kier alpha value is -1.11. The van der Waals surface area contributed by atoms with Crippen LogP contribution >= 0.6 is 0 Å². The highest BCUT2D eigenvalue weighted by atomic mass is 19.4. The maximum absolute atomic E-state index is 12.6. The highest BCUT2D eigenvalue weighted by molar-refractivity contribution is 5.29. The molecule has 0 aliphatic carbocycles. The van der Waals surface area contributed by atoms with Gasteiger partial charge in [0.25, 0.3) is 0 Å². The molecule has 6 heteroatoms. The molecular weight excluding hydrogens is 245 g/mol. The molecule has 100 valence electrons. The molecule has 18 heavy (non-hydrogen) atoms. The van der Waals surface area contributed by atoms with Crippen LogP contribution in [-0.2, 0) is 6.18 Å². The van der Waals surface area contributed by atoms with Gasteiger partial charge in [0.05, 0.1) is 11.7 Å². The number of β-amino-alcohol motifs (C(OH)–C–C–N with tert-alkyl or cyclic N) is 1. The standard InChI is InChI=1S/C12H15F3N2O/c13-12(14,15)9-3-1-2-8(6-9)10-4-5-17(16)7-11(10)18/h1-3,6,10-11,18H,4-5,7,16H2. The van der Waals surface area contributed by atoms with Gasteiger partial charge >= 0.3 is 6.18 Å². The average Bonchev–Trinajstić information content (AvgIpc) is 2.28. The van der Waals surface area contributed by atoms with E-state index < -0.39 is 17.8 Å². The number of nitrogens with two attached hydrogens (primary N) is 1. The first-order valence-corrected chi connectivity index (χ1v) is 5.73. The number of hydrazine groups is 1. The lowest BCUT2D eigenvalue weighted by Crippen LogP contribution is -2.46. The van der Waals surface area contributed by atoms with Crippen LogP contribution < -0.4 is 5.84 Å². The molecule has 1 aromatic carbocycles. The Kier molecular flexibility index (Phi) is 3.61. The molecule has 3 N–H and O–H groups in total. The highest BCUT2D eigenvalue weighted by Gasteiger charge is 2.33. The van der Waals surface area contributed by atoms with Crippen LogP contribution in [0.25, 0.3) is 0 Å². The van der Waals surface area contributed by atoms with Gasteiger partial charge in [0.15, 0.2) is 0 Å². The number of aliphatic hydroxyl groups excluding tert-OH is 1. The van der Waals surface area contributed by atoms with Crippen LogP contribution in [0.2, 0.25) is 0 Å². The lowest BCUT2D eigenvalue weighted by molar-refractivity contribution is -0.137. The van der Waals surface area contributed by atoms with E-state index in [1.807, 2.05) is 0 Å². The fraction of sp³-hybridized carbons (Fsp3) is 0.500. The van der Waals surface area contributed by atoms with Gasteiger partial charge in [-0.2, -0.15) is 13.2 Å². The van der Waals surface area contributed by atoms with Crippen molar-refractivity contribution in [1.29, 1.82) is 0 Å². The maximum atomic E-state index is 12.6. The summed E-state index contributed by atoms with van der Waals surface area (Å²) in [4.78, 5) is 0. The highest BCUT2D eigenvalue weighted by Crippen LogP contribution is 2.33. The lowest BCUT2D eigenvalue weighted by Gasteiger charge is -2.33. The number of halogens is 3. The van der Waals surface area contributed by atoms with E-state index in [1.54, 1.807) is 6.07 Å². The van der Waals surface area contributed by atoms with Gasteiger partial charge in [0.2, 0.25) is 0 Å². The summed E-state index contributed by atoms with van der Waals surface area (Å²) >= 11 is 0. The molecule has 1 aliphatic heterocycles. The van der Waals surface area contributed by atoms with Crippen LogP contribution in [0, 0.1) is 0 Å². The fourth-order valence-corrected chi connectivity index (χ4v) is 2.29. The molecule has 0 saturated carbocycles. The molecule has 1 heterocycles. The topological polar surface area (TPSA) is 49.5 Å². The second-order valence-corrected chi connectivity index (χ2v) is 4.58. The minimum Gasteiger partial charge on any atom is -0.391 e. The van der Waals surface area contributed by atoms with Gasteiger partial charge in [0.1, 0.15) is 0 Å². The lowest BCUT2D eigenvalue weighted by atomic mass is 9.87. The van der Waals surface area contributed by atoms with Crippen molar-refractivity contribution in [1.82, 2.24) is 5.01 Å². The molecule has 2 unspecified atom stereocenters. The summed E-state index contributed by atoms with van der Waals surface area (Å²) in [6, 6.07) is 5.14. The summed E-state index contributed by atoms with van der Waals surface area (Å²) < 4.78 is 37.8. The molecule has 0 bridgehead atoms. The van der Waals surface area contributed by atoms with E-state index in [0.717, 1.165) is 12.1 Å². The zero-order chi connectivity index (χ0) is 13.3. The number of piperidine rings is 1. The van der Waals surface area contributed by atoms with Crippen molar-refractivity contribution in [2.24, 2.45) is 5.84 Å². The molecule has 1 fully saturated rings. The van der Waals surface area contributed by atoms with Crippen LogP contribution in [0.15, 0.2) is 24.3 Å². The Morgan fingerprint density at radius 1 is 1.33 bits per heavy atom. The van der Waals surface area contributed by atoms with Gasteiger partial charge < -0.3 is 5.11 Å². The maximum Gasteiger partial charge on any atom is 0.416 e. The van der Waals surface area contributed by atoms with Crippen LogP contribution in [0.1, 0.15) is 23.5 Å². The molecule has 2 rings (SSSR count). The van der Waals surface area contributed by atoms with Crippen molar-refractivity contribution in [3.05, 3.63) is 35.4 Å². The van der Waals surface area contributed by atoms with Crippen molar-refractivity contribution in [3.8, 4) is 0 Å². The minimum absolute atomic E-state index is 0.279. The first-order valence-electron chi connectivity index (χ1n) is 5.73. The molecule has 1 aliphatic rings. The first-order chi connectivity index (χ1) is 8.38. The van der Waals surface area contributed by atoms with Gasteiger partial charge in [-0.05, 0) is 18.1 Å². The smallest absolute Gasteiger partial charge is 0.391 e. The summed E-state index contributed by atoms with van der Waals surface area (Å²) in [7, 11) is 0. The van der Waals surface area contributed by atoms with Gasteiger partial charge in [-0.25, -0.2) is 5.01 Å². The molecule has 3 nitrogen and oxygen atoms in total. The number of rotatable bonds is 1. The van der Waals surface area contributed by atoms with E-state index in [4.69, 9.17) is 5.84 Å². The number of nitrogens with zero attached hydrogens (tertiary/aromatic N) is 1.